The highest BCUT2D eigenvalue weighted by Crippen LogP contribution is 2.18. The van der Waals surface area contributed by atoms with Gasteiger partial charge in [0.05, 0.1) is 0 Å². The van der Waals surface area contributed by atoms with Crippen LogP contribution in [-0.2, 0) is 28.6 Å². The van der Waals surface area contributed by atoms with E-state index in [9.17, 15) is 14.4 Å². The van der Waals surface area contributed by atoms with E-state index in [1.165, 1.54) is 199 Å². The Balaban J connectivity index is 4.30. The number of unbranched alkanes of at least 4 members (excludes halogenated alkanes) is 34. The number of hydrogen-bond acceptors (Lipinski definition) is 6. The molecular formula is C56H108O6. The largest absolute Gasteiger partial charge is 0.462 e. The van der Waals surface area contributed by atoms with Crippen LogP contribution in [-0.4, -0.2) is 37.2 Å². The Kier molecular flexibility index (Phi) is 47.6. The highest BCUT2D eigenvalue weighted by Gasteiger charge is 2.19. The molecule has 62 heavy (non-hydrogen) atoms. The van der Waals surface area contributed by atoms with Crippen molar-refractivity contribution < 1.29 is 28.6 Å². The lowest BCUT2D eigenvalue weighted by atomic mass is 9.99. The number of esters is 3. The maximum atomic E-state index is 12.8. The molecular weight excluding hydrogens is 769 g/mol. The third-order valence-electron chi connectivity index (χ3n) is 13.1. The summed E-state index contributed by atoms with van der Waals surface area (Å²) in [7, 11) is 0. The number of ether oxygens (including phenoxy) is 3. The van der Waals surface area contributed by atoms with E-state index in [2.05, 4.69) is 34.6 Å². The first-order chi connectivity index (χ1) is 30.3. The number of hydrogen-bond donors (Lipinski definition) is 0. The summed E-state index contributed by atoms with van der Waals surface area (Å²) in [5, 5.41) is 0. The van der Waals surface area contributed by atoms with Gasteiger partial charge in [-0.2, -0.15) is 0 Å². The van der Waals surface area contributed by atoms with Gasteiger partial charge in [0.1, 0.15) is 13.2 Å². The Hall–Kier alpha value is -1.59. The molecule has 0 radical (unpaired) electrons. The standard InChI is InChI=1S/C56H108O6/c1-6-8-9-10-11-12-13-14-18-21-26-31-36-41-46-54(57)60-49-53(50-61-55(58)47-42-37-32-28-23-24-29-34-39-44-51(3)4)62-56(59)48-43-38-33-27-22-19-16-15-17-20-25-30-35-40-45-52(5)7-2/h51-53H,6-50H2,1-5H3/t52?,53-/m0/s1. The summed E-state index contributed by atoms with van der Waals surface area (Å²) >= 11 is 0. The third kappa shape index (κ3) is 47.9. The van der Waals surface area contributed by atoms with Crippen LogP contribution in [0.3, 0.4) is 0 Å². The van der Waals surface area contributed by atoms with Gasteiger partial charge in [0.15, 0.2) is 6.10 Å². The molecule has 368 valence electrons. The Morgan fingerprint density at radius 3 is 0.919 bits per heavy atom. The molecule has 0 aliphatic carbocycles. The lowest BCUT2D eigenvalue weighted by molar-refractivity contribution is -0.167. The van der Waals surface area contributed by atoms with Gasteiger partial charge in [-0.15, -0.1) is 0 Å². The predicted molar refractivity (Wildman–Crippen MR) is 266 cm³/mol. The molecule has 0 saturated heterocycles. The minimum atomic E-state index is -0.762. The van der Waals surface area contributed by atoms with Crippen LogP contribution in [0, 0.1) is 11.8 Å². The summed E-state index contributed by atoms with van der Waals surface area (Å²) < 4.78 is 16.9. The van der Waals surface area contributed by atoms with Crippen molar-refractivity contribution in [2.24, 2.45) is 11.8 Å². The van der Waals surface area contributed by atoms with Gasteiger partial charge in [0.2, 0.25) is 0 Å². The average molecular weight is 877 g/mol. The summed E-state index contributed by atoms with van der Waals surface area (Å²) in [6.45, 7) is 11.4. The fraction of sp³-hybridized carbons (Fsp3) is 0.946. The zero-order valence-corrected chi connectivity index (χ0v) is 42.5. The van der Waals surface area contributed by atoms with Gasteiger partial charge < -0.3 is 14.2 Å². The molecule has 0 aromatic carbocycles. The quantitative estimate of drug-likeness (QED) is 0.0344. The minimum absolute atomic E-state index is 0.0632. The molecule has 0 aromatic heterocycles. The summed E-state index contributed by atoms with van der Waals surface area (Å²) in [6.07, 6.45) is 50.8. The Morgan fingerprint density at radius 1 is 0.339 bits per heavy atom. The molecule has 6 nitrogen and oxygen atoms in total. The SMILES string of the molecule is CCCCCCCCCCCCCCCCC(=O)OC[C@@H](COC(=O)CCCCCCCCCCCC(C)C)OC(=O)CCCCCCCCCCCCCCCCC(C)CC. The highest BCUT2D eigenvalue weighted by atomic mass is 16.6. The van der Waals surface area contributed by atoms with E-state index in [4.69, 9.17) is 14.2 Å². The third-order valence-corrected chi connectivity index (χ3v) is 13.1. The van der Waals surface area contributed by atoms with Crippen molar-refractivity contribution in [3.05, 3.63) is 0 Å². The van der Waals surface area contributed by atoms with E-state index in [0.29, 0.717) is 19.3 Å². The second-order valence-corrected chi connectivity index (χ2v) is 19.9. The maximum absolute atomic E-state index is 12.8. The van der Waals surface area contributed by atoms with E-state index >= 15 is 0 Å². The molecule has 0 heterocycles. The normalized spacial score (nSPS) is 12.5. The zero-order valence-electron chi connectivity index (χ0n) is 42.5. The molecule has 6 heteroatoms. The van der Waals surface area contributed by atoms with E-state index in [1.807, 2.05) is 0 Å². The summed E-state index contributed by atoms with van der Waals surface area (Å²) in [5.41, 5.74) is 0. The van der Waals surface area contributed by atoms with Crippen LogP contribution in [0.15, 0.2) is 0 Å². The van der Waals surface area contributed by atoms with Crippen LogP contribution < -0.4 is 0 Å². The van der Waals surface area contributed by atoms with Crippen LogP contribution in [0.4, 0.5) is 0 Å². The number of rotatable bonds is 50. The van der Waals surface area contributed by atoms with E-state index < -0.39 is 6.10 Å². The van der Waals surface area contributed by atoms with Crippen molar-refractivity contribution in [2.45, 2.75) is 317 Å². The average Bonchev–Trinajstić information content (AvgIpc) is 3.26. The number of carbonyl (C=O) groups is 3. The molecule has 1 unspecified atom stereocenters. The van der Waals surface area contributed by atoms with Gasteiger partial charge in [-0.05, 0) is 31.1 Å². The molecule has 0 amide bonds. The van der Waals surface area contributed by atoms with Crippen LogP contribution in [0.1, 0.15) is 311 Å². The van der Waals surface area contributed by atoms with Crippen LogP contribution in [0.5, 0.6) is 0 Å². The molecule has 2 atom stereocenters. The second-order valence-electron chi connectivity index (χ2n) is 19.9. The van der Waals surface area contributed by atoms with E-state index in [1.54, 1.807) is 0 Å². The first-order valence-electron chi connectivity index (χ1n) is 27.8. The summed E-state index contributed by atoms with van der Waals surface area (Å²) in [6, 6.07) is 0. The zero-order chi connectivity index (χ0) is 45.4. The van der Waals surface area contributed by atoms with Crippen molar-refractivity contribution in [3.63, 3.8) is 0 Å². The van der Waals surface area contributed by atoms with Gasteiger partial charge in [-0.1, -0.05) is 272 Å². The van der Waals surface area contributed by atoms with Gasteiger partial charge in [-0.25, -0.2) is 0 Å². The first kappa shape index (κ1) is 60.4. The molecule has 0 aliphatic heterocycles. The second kappa shape index (κ2) is 48.9. The van der Waals surface area contributed by atoms with Crippen molar-refractivity contribution in [1.82, 2.24) is 0 Å². The lowest BCUT2D eigenvalue weighted by Crippen LogP contribution is -2.30. The maximum Gasteiger partial charge on any atom is 0.306 e. The van der Waals surface area contributed by atoms with Crippen molar-refractivity contribution >= 4 is 17.9 Å². The van der Waals surface area contributed by atoms with Gasteiger partial charge >= 0.3 is 17.9 Å². The smallest absolute Gasteiger partial charge is 0.306 e. The van der Waals surface area contributed by atoms with Crippen molar-refractivity contribution in [1.29, 1.82) is 0 Å². The molecule has 0 aromatic rings. The van der Waals surface area contributed by atoms with Crippen LogP contribution in [0.2, 0.25) is 0 Å². The fourth-order valence-corrected chi connectivity index (χ4v) is 8.49. The van der Waals surface area contributed by atoms with Crippen LogP contribution >= 0.6 is 0 Å². The predicted octanol–water partition coefficient (Wildman–Crippen LogP) is 18.1. The van der Waals surface area contributed by atoms with E-state index in [0.717, 1.165) is 69.6 Å². The van der Waals surface area contributed by atoms with Gasteiger partial charge in [0.25, 0.3) is 0 Å². The first-order valence-corrected chi connectivity index (χ1v) is 27.8. The Labute approximate surface area is 387 Å². The summed E-state index contributed by atoms with van der Waals surface area (Å²) in [5.74, 6) is 0.859. The van der Waals surface area contributed by atoms with Crippen LogP contribution in [0.25, 0.3) is 0 Å². The molecule has 0 rings (SSSR count). The summed E-state index contributed by atoms with van der Waals surface area (Å²) in [4.78, 5) is 38.0. The Morgan fingerprint density at radius 2 is 0.613 bits per heavy atom. The topological polar surface area (TPSA) is 78.9 Å². The van der Waals surface area contributed by atoms with Crippen molar-refractivity contribution in [2.75, 3.05) is 13.2 Å². The molecule has 0 bridgehead atoms. The highest BCUT2D eigenvalue weighted by molar-refractivity contribution is 5.71. The monoisotopic (exact) mass is 877 g/mol. The molecule has 0 saturated carbocycles. The van der Waals surface area contributed by atoms with Crippen molar-refractivity contribution in [3.8, 4) is 0 Å². The number of carbonyl (C=O) groups excluding carboxylic acids is 3. The lowest BCUT2D eigenvalue weighted by Gasteiger charge is -2.18. The van der Waals surface area contributed by atoms with Gasteiger partial charge in [0, 0.05) is 19.3 Å². The fourth-order valence-electron chi connectivity index (χ4n) is 8.49. The Bertz CT molecular complexity index is 949. The molecule has 0 aliphatic rings. The van der Waals surface area contributed by atoms with Gasteiger partial charge in [-0.3, -0.25) is 14.4 Å². The molecule has 0 spiro atoms. The van der Waals surface area contributed by atoms with E-state index in [-0.39, 0.29) is 31.1 Å². The minimum Gasteiger partial charge on any atom is -0.462 e. The molecule has 0 N–H and O–H groups in total. The molecule has 0 fully saturated rings.